The maximum atomic E-state index is 5.37. The van der Waals surface area contributed by atoms with Crippen molar-refractivity contribution >= 4 is 5.57 Å². The highest BCUT2D eigenvalue weighted by molar-refractivity contribution is 5.72. The molecule has 0 saturated heterocycles. The molecule has 1 unspecified atom stereocenters. The number of rotatable bonds is 4. The first-order valence-electron chi connectivity index (χ1n) is 6.80. The molecule has 0 N–H and O–H groups in total. The van der Waals surface area contributed by atoms with E-state index in [0.29, 0.717) is 13.2 Å². The quantitative estimate of drug-likeness (QED) is 0.789. The molecular weight excluding hydrogens is 254 g/mol. The molecule has 0 aromatic carbocycles. The average molecular weight is 271 g/mol. The fourth-order valence-electron chi connectivity index (χ4n) is 2.28. The topological polar surface area (TPSA) is 40.6 Å². The summed E-state index contributed by atoms with van der Waals surface area (Å²) in [5, 5.41) is 0. The molecule has 104 valence electrons. The van der Waals surface area contributed by atoms with Gasteiger partial charge in [0.15, 0.2) is 5.76 Å². The molecule has 0 bridgehead atoms. The van der Waals surface area contributed by atoms with Crippen molar-refractivity contribution in [3.05, 3.63) is 59.7 Å². The first-order chi connectivity index (χ1) is 9.86. The summed E-state index contributed by atoms with van der Waals surface area (Å²) in [6, 6.07) is 4.01. The van der Waals surface area contributed by atoms with Crippen molar-refractivity contribution in [3.63, 3.8) is 0 Å². The predicted octanol–water partition coefficient (Wildman–Crippen LogP) is 3.05. The van der Waals surface area contributed by atoms with E-state index in [1.54, 1.807) is 6.20 Å². The van der Waals surface area contributed by atoms with Crippen LogP contribution in [0.4, 0.5) is 0 Å². The lowest BCUT2D eigenvalue weighted by Crippen LogP contribution is -2.23. The van der Waals surface area contributed by atoms with Crippen LogP contribution in [0.5, 0.6) is 0 Å². The van der Waals surface area contributed by atoms with E-state index < -0.39 is 0 Å². The van der Waals surface area contributed by atoms with Crippen LogP contribution in [0.15, 0.2) is 54.1 Å². The highest BCUT2D eigenvalue weighted by atomic mass is 17.2. The summed E-state index contributed by atoms with van der Waals surface area (Å²) in [7, 11) is 0. The molecule has 0 fully saturated rings. The predicted molar refractivity (Wildman–Crippen MR) is 75.4 cm³/mol. The Balaban J connectivity index is 1.78. The zero-order valence-corrected chi connectivity index (χ0v) is 11.4. The minimum atomic E-state index is -0.143. The number of pyridine rings is 1. The average Bonchev–Trinajstić information content (AvgIpc) is 2.53. The molecule has 2 aliphatic rings. The summed E-state index contributed by atoms with van der Waals surface area (Å²) in [6.07, 6.45) is 10.4. The maximum absolute atomic E-state index is 5.37. The molecule has 4 heteroatoms. The Morgan fingerprint density at radius 3 is 3.10 bits per heavy atom. The van der Waals surface area contributed by atoms with Crippen molar-refractivity contribution < 1.29 is 14.5 Å². The van der Waals surface area contributed by atoms with Crippen LogP contribution in [0.25, 0.3) is 5.57 Å². The van der Waals surface area contributed by atoms with Gasteiger partial charge in [0, 0.05) is 31.0 Å². The van der Waals surface area contributed by atoms with Gasteiger partial charge in [-0.05, 0) is 36.3 Å². The van der Waals surface area contributed by atoms with Crippen molar-refractivity contribution in [2.45, 2.75) is 19.4 Å². The van der Waals surface area contributed by atoms with Gasteiger partial charge in [-0.3, -0.25) is 4.98 Å². The zero-order chi connectivity index (χ0) is 13.8. The molecule has 2 heterocycles. The van der Waals surface area contributed by atoms with E-state index in [0.717, 1.165) is 23.3 Å². The van der Waals surface area contributed by atoms with E-state index in [-0.39, 0.29) is 6.10 Å². The van der Waals surface area contributed by atoms with Crippen molar-refractivity contribution in [2.75, 3.05) is 13.2 Å². The van der Waals surface area contributed by atoms with Gasteiger partial charge in [-0.2, -0.15) is 4.89 Å². The highest BCUT2D eigenvalue weighted by Crippen LogP contribution is 2.34. The highest BCUT2D eigenvalue weighted by Gasteiger charge is 2.23. The summed E-state index contributed by atoms with van der Waals surface area (Å²) >= 11 is 0. The van der Waals surface area contributed by atoms with Gasteiger partial charge in [0.25, 0.3) is 0 Å². The van der Waals surface area contributed by atoms with E-state index >= 15 is 0 Å². The maximum Gasteiger partial charge on any atom is 0.168 e. The van der Waals surface area contributed by atoms with Crippen LogP contribution in [0.3, 0.4) is 0 Å². The minimum Gasteiger partial charge on any atom is -0.379 e. The Morgan fingerprint density at radius 2 is 2.30 bits per heavy atom. The lowest BCUT2D eigenvalue weighted by Gasteiger charge is -2.25. The Morgan fingerprint density at radius 1 is 1.35 bits per heavy atom. The van der Waals surface area contributed by atoms with Gasteiger partial charge in [-0.15, -0.1) is 0 Å². The normalized spacial score (nSPS) is 21.2. The van der Waals surface area contributed by atoms with Crippen LogP contribution in [0, 0.1) is 0 Å². The van der Waals surface area contributed by atoms with Gasteiger partial charge >= 0.3 is 0 Å². The van der Waals surface area contributed by atoms with E-state index in [9.17, 15) is 0 Å². The molecule has 4 nitrogen and oxygen atoms in total. The van der Waals surface area contributed by atoms with Gasteiger partial charge in [0.1, 0.15) is 6.10 Å². The second-order valence-corrected chi connectivity index (χ2v) is 4.71. The molecule has 0 saturated carbocycles. The second-order valence-electron chi connectivity index (χ2n) is 4.71. The molecule has 0 amide bonds. The molecule has 0 radical (unpaired) electrons. The Bertz CT molecular complexity index is 560. The fraction of sp³-hybridized carbons (Fsp3) is 0.312. The van der Waals surface area contributed by atoms with Gasteiger partial charge < -0.3 is 9.62 Å². The van der Waals surface area contributed by atoms with Crippen molar-refractivity contribution in [1.82, 2.24) is 4.98 Å². The lowest BCUT2D eigenvalue weighted by molar-refractivity contribution is -0.294. The van der Waals surface area contributed by atoms with Crippen LogP contribution in [-0.4, -0.2) is 24.3 Å². The molecule has 1 aliphatic carbocycles. The molecule has 1 atom stereocenters. The zero-order valence-electron chi connectivity index (χ0n) is 11.4. The summed E-state index contributed by atoms with van der Waals surface area (Å²) in [6.45, 7) is 3.15. The second kappa shape index (κ2) is 6.03. The van der Waals surface area contributed by atoms with Gasteiger partial charge in [0.2, 0.25) is 0 Å². The first-order valence-corrected chi connectivity index (χ1v) is 6.80. The van der Waals surface area contributed by atoms with Gasteiger partial charge in [0.05, 0.1) is 6.61 Å². The number of allylic oxidation sites excluding steroid dienone is 4. The number of nitrogens with zero attached hydrogens (tertiary/aromatic N) is 1. The Labute approximate surface area is 118 Å². The third kappa shape index (κ3) is 2.81. The SMILES string of the molecule is CCOCC1C=C2CC(c3cccnc3)=CC=C2OO1. The summed E-state index contributed by atoms with van der Waals surface area (Å²) < 4.78 is 5.37. The number of ether oxygens (including phenoxy) is 1. The number of hydrogen-bond donors (Lipinski definition) is 0. The van der Waals surface area contributed by atoms with Crippen molar-refractivity contribution in [1.29, 1.82) is 0 Å². The molecule has 0 spiro atoms. The molecule has 20 heavy (non-hydrogen) atoms. The van der Waals surface area contributed by atoms with E-state index in [1.165, 1.54) is 5.57 Å². The number of fused-ring (bicyclic) bond motifs is 1. The minimum absolute atomic E-state index is 0.143. The third-order valence-corrected chi connectivity index (χ3v) is 3.30. The van der Waals surface area contributed by atoms with E-state index in [2.05, 4.69) is 23.2 Å². The van der Waals surface area contributed by atoms with Crippen LogP contribution in [0.1, 0.15) is 18.9 Å². The summed E-state index contributed by atoms with van der Waals surface area (Å²) in [4.78, 5) is 14.8. The van der Waals surface area contributed by atoms with E-state index in [1.807, 2.05) is 25.3 Å². The molecular formula is C16H17NO3. The Kier molecular flexibility index (Phi) is 3.95. The standard InChI is InChI=1S/C16H17NO3/c1-2-18-11-15-9-14-8-12(5-6-16(14)20-19-15)13-4-3-7-17-10-13/h3-7,9-10,15H,2,8,11H2,1H3. The monoisotopic (exact) mass is 271 g/mol. The summed E-state index contributed by atoms with van der Waals surface area (Å²) in [5.74, 6) is 0.783. The van der Waals surface area contributed by atoms with E-state index in [4.69, 9.17) is 14.5 Å². The third-order valence-electron chi connectivity index (χ3n) is 3.30. The van der Waals surface area contributed by atoms with Crippen LogP contribution < -0.4 is 0 Å². The first kappa shape index (κ1) is 13.1. The van der Waals surface area contributed by atoms with Gasteiger partial charge in [-0.1, -0.05) is 12.1 Å². The molecule has 1 aromatic heterocycles. The van der Waals surface area contributed by atoms with Gasteiger partial charge in [-0.25, -0.2) is 0 Å². The van der Waals surface area contributed by atoms with Crippen LogP contribution in [-0.2, 0) is 14.5 Å². The molecule has 1 aromatic rings. The van der Waals surface area contributed by atoms with Crippen molar-refractivity contribution in [2.24, 2.45) is 0 Å². The smallest absolute Gasteiger partial charge is 0.168 e. The number of aromatic nitrogens is 1. The number of hydrogen-bond acceptors (Lipinski definition) is 4. The summed E-state index contributed by atoms with van der Waals surface area (Å²) in [5.41, 5.74) is 3.51. The Hall–Kier alpha value is -1.91. The lowest BCUT2D eigenvalue weighted by atomic mass is 9.92. The van der Waals surface area contributed by atoms with Crippen molar-refractivity contribution in [3.8, 4) is 0 Å². The molecule has 3 rings (SSSR count). The van der Waals surface area contributed by atoms with Crippen LogP contribution in [0.2, 0.25) is 0 Å². The fourth-order valence-corrected chi connectivity index (χ4v) is 2.28. The largest absolute Gasteiger partial charge is 0.379 e. The van der Waals surface area contributed by atoms with Crippen LogP contribution >= 0.6 is 0 Å². The molecule has 1 aliphatic heterocycles.